The van der Waals surface area contributed by atoms with Crippen LogP contribution >= 0.6 is 0 Å². The van der Waals surface area contributed by atoms with Gasteiger partial charge in [0.2, 0.25) is 5.91 Å². The highest BCUT2D eigenvalue weighted by Crippen LogP contribution is 2.17. The third kappa shape index (κ3) is 4.93. The predicted octanol–water partition coefficient (Wildman–Crippen LogP) is 2.51. The average Bonchev–Trinajstić information content (AvgIpc) is 2.48. The van der Waals surface area contributed by atoms with Crippen LogP contribution in [0.4, 0.5) is 5.69 Å². The van der Waals surface area contributed by atoms with E-state index in [9.17, 15) is 4.79 Å². The van der Waals surface area contributed by atoms with Crippen LogP contribution in [-0.2, 0) is 11.2 Å². The number of nitrogens with one attached hydrogen (secondary N) is 1. The van der Waals surface area contributed by atoms with Crippen LogP contribution in [0.3, 0.4) is 0 Å². The van der Waals surface area contributed by atoms with E-state index in [2.05, 4.69) is 5.32 Å². The molecule has 4 nitrogen and oxygen atoms in total. The van der Waals surface area contributed by atoms with Gasteiger partial charge in [-0.25, -0.2) is 0 Å². The van der Waals surface area contributed by atoms with Gasteiger partial charge in [0.1, 0.15) is 12.4 Å². The monoisotopic (exact) mass is 284 g/mol. The zero-order chi connectivity index (χ0) is 15.1. The van der Waals surface area contributed by atoms with E-state index < -0.39 is 0 Å². The number of benzene rings is 2. The Labute approximate surface area is 124 Å². The Hall–Kier alpha value is -2.33. The molecule has 0 aliphatic carbocycles. The highest BCUT2D eigenvalue weighted by atomic mass is 16.5. The minimum Gasteiger partial charge on any atom is -0.492 e. The molecule has 0 aliphatic heterocycles. The fourth-order valence-corrected chi connectivity index (χ4v) is 1.94. The van der Waals surface area contributed by atoms with Crippen molar-refractivity contribution in [1.82, 2.24) is 0 Å². The molecule has 4 heteroatoms. The van der Waals surface area contributed by atoms with E-state index in [1.54, 1.807) is 6.07 Å². The number of aryl methyl sites for hydroxylation is 1. The molecule has 0 fully saturated rings. The summed E-state index contributed by atoms with van der Waals surface area (Å²) in [5.41, 5.74) is 8.30. The highest BCUT2D eigenvalue weighted by molar-refractivity contribution is 5.92. The first-order valence-corrected chi connectivity index (χ1v) is 6.96. The lowest BCUT2D eigenvalue weighted by atomic mass is 10.1. The number of ether oxygens (including phenoxy) is 1. The second-order valence-electron chi connectivity index (χ2n) is 4.88. The molecular weight excluding hydrogens is 264 g/mol. The van der Waals surface area contributed by atoms with Gasteiger partial charge in [-0.3, -0.25) is 4.79 Å². The summed E-state index contributed by atoms with van der Waals surface area (Å²) in [6.45, 7) is 2.95. The van der Waals surface area contributed by atoms with E-state index in [0.717, 1.165) is 11.3 Å². The molecule has 0 radical (unpaired) electrons. The summed E-state index contributed by atoms with van der Waals surface area (Å²) in [5.74, 6) is 0.656. The first-order valence-electron chi connectivity index (χ1n) is 6.96. The van der Waals surface area contributed by atoms with Gasteiger partial charge >= 0.3 is 0 Å². The minimum atomic E-state index is -0.0465. The Bertz CT molecular complexity index is 594. The Balaban J connectivity index is 1.94. The number of carbonyl (C=O) groups excluding carboxylic acids is 1. The van der Waals surface area contributed by atoms with Crippen molar-refractivity contribution in [1.29, 1.82) is 0 Å². The van der Waals surface area contributed by atoms with Crippen molar-refractivity contribution in [3.8, 4) is 5.75 Å². The van der Waals surface area contributed by atoms with Crippen molar-refractivity contribution < 1.29 is 9.53 Å². The topological polar surface area (TPSA) is 64.3 Å². The van der Waals surface area contributed by atoms with Gasteiger partial charge in [-0.2, -0.15) is 0 Å². The Morgan fingerprint density at radius 2 is 1.95 bits per heavy atom. The molecule has 0 aromatic heterocycles. The van der Waals surface area contributed by atoms with Gasteiger partial charge in [-0.15, -0.1) is 0 Å². The highest BCUT2D eigenvalue weighted by Gasteiger charge is 2.05. The van der Waals surface area contributed by atoms with Crippen molar-refractivity contribution in [3.05, 3.63) is 59.7 Å². The number of hydrogen-bond donors (Lipinski definition) is 2. The van der Waals surface area contributed by atoms with Crippen molar-refractivity contribution in [2.45, 2.75) is 13.3 Å². The number of anilines is 1. The number of rotatable bonds is 6. The lowest BCUT2D eigenvalue weighted by molar-refractivity contribution is -0.115. The summed E-state index contributed by atoms with van der Waals surface area (Å²) in [4.78, 5) is 12.0. The van der Waals surface area contributed by atoms with Gasteiger partial charge < -0.3 is 15.8 Å². The predicted molar refractivity (Wildman–Crippen MR) is 84.5 cm³/mol. The van der Waals surface area contributed by atoms with Crippen LogP contribution in [0, 0.1) is 6.92 Å². The molecule has 3 N–H and O–H groups in total. The zero-order valence-corrected chi connectivity index (χ0v) is 12.1. The summed E-state index contributed by atoms with van der Waals surface area (Å²) in [5, 5.41) is 2.87. The van der Waals surface area contributed by atoms with Gasteiger partial charge in [0, 0.05) is 18.3 Å². The molecule has 0 heterocycles. The number of hydrogen-bond acceptors (Lipinski definition) is 3. The van der Waals surface area contributed by atoms with Gasteiger partial charge in [-0.1, -0.05) is 35.9 Å². The molecule has 21 heavy (non-hydrogen) atoms. The normalized spacial score (nSPS) is 10.2. The van der Waals surface area contributed by atoms with Crippen LogP contribution in [0.2, 0.25) is 0 Å². The van der Waals surface area contributed by atoms with Crippen molar-refractivity contribution >= 4 is 11.6 Å². The molecule has 0 saturated heterocycles. The maximum Gasteiger partial charge on any atom is 0.228 e. The van der Waals surface area contributed by atoms with E-state index in [0.29, 0.717) is 25.3 Å². The Morgan fingerprint density at radius 3 is 2.67 bits per heavy atom. The van der Waals surface area contributed by atoms with Crippen molar-refractivity contribution in [2.75, 3.05) is 18.5 Å². The summed E-state index contributed by atoms with van der Waals surface area (Å²) in [6.07, 6.45) is 0.355. The largest absolute Gasteiger partial charge is 0.492 e. The molecule has 2 rings (SSSR count). The molecule has 110 valence electrons. The molecule has 0 aliphatic rings. The summed E-state index contributed by atoms with van der Waals surface area (Å²) in [7, 11) is 0. The lowest BCUT2D eigenvalue weighted by Crippen LogP contribution is -2.14. The standard InChI is InChI=1S/C17H20N2O2/c1-13-5-7-14(8-6-13)11-17(20)19-15-3-2-4-16(12-15)21-10-9-18/h2-8,12H,9-11,18H2,1H3,(H,19,20). The number of carbonyl (C=O) groups is 1. The van der Waals surface area contributed by atoms with Crippen LogP contribution in [0.25, 0.3) is 0 Å². The third-order valence-corrected chi connectivity index (χ3v) is 2.99. The maximum absolute atomic E-state index is 12.0. The van der Waals surface area contributed by atoms with E-state index in [-0.39, 0.29) is 5.91 Å². The van der Waals surface area contributed by atoms with Gasteiger partial charge in [0.15, 0.2) is 0 Å². The number of amides is 1. The lowest BCUT2D eigenvalue weighted by Gasteiger charge is -2.08. The van der Waals surface area contributed by atoms with Crippen LogP contribution in [-0.4, -0.2) is 19.1 Å². The molecule has 0 spiro atoms. The first-order chi connectivity index (χ1) is 10.2. The van der Waals surface area contributed by atoms with Crippen LogP contribution < -0.4 is 15.8 Å². The second-order valence-corrected chi connectivity index (χ2v) is 4.88. The van der Waals surface area contributed by atoms with Crippen LogP contribution in [0.5, 0.6) is 5.75 Å². The quantitative estimate of drug-likeness (QED) is 0.856. The summed E-state index contributed by atoms with van der Waals surface area (Å²) < 4.78 is 5.43. The minimum absolute atomic E-state index is 0.0465. The van der Waals surface area contributed by atoms with Gasteiger partial charge in [0.25, 0.3) is 0 Å². The fourth-order valence-electron chi connectivity index (χ4n) is 1.94. The van der Waals surface area contributed by atoms with Crippen molar-refractivity contribution in [2.24, 2.45) is 5.73 Å². The summed E-state index contributed by atoms with van der Waals surface area (Å²) in [6, 6.07) is 15.3. The van der Waals surface area contributed by atoms with E-state index in [1.807, 2.05) is 49.4 Å². The van der Waals surface area contributed by atoms with Gasteiger partial charge in [0.05, 0.1) is 6.42 Å². The third-order valence-electron chi connectivity index (χ3n) is 2.99. The van der Waals surface area contributed by atoms with Crippen LogP contribution in [0.1, 0.15) is 11.1 Å². The van der Waals surface area contributed by atoms with Crippen molar-refractivity contribution in [3.63, 3.8) is 0 Å². The fraction of sp³-hybridized carbons (Fsp3) is 0.235. The Morgan fingerprint density at radius 1 is 1.19 bits per heavy atom. The SMILES string of the molecule is Cc1ccc(CC(=O)Nc2cccc(OCCN)c2)cc1. The molecule has 0 unspecified atom stereocenters. The summed E-state index contributed by atoms with van der Waals surface area (Å²) >= 11 is 0. The maximum atomic E-state index is 12.0. The first kappa shape index (κ1) is 15.1. The van der Waals surface area contributed by atoms with E-state index >= 15 is 0 Å². The van der Waals surface area contributed by atoms with E-state index in [1.165, 1.54) is 5.56 Å². The second kappa shape index (κ2) is 7.45. The molecule has 0 saturated carbocycles. The zero-order valence-electron chi connectivity index (χ0n) is 12.1. The molecule has 1 amide bonds. The smallest absolute Gasteiger partial charge is 0.228 e. The number of nitrogens with two attached hydrogens (primary N) is 1. The Kier molecular flexibility index (Phi) is 5.35. The molecule has 2 aromatic rings. The van der Waals surface area contributed by atoms with Crippen LogP contribution in [0.15, 0.2) is 48.5 Å². The molecule has 0 bridgehead atoms. The molecular formula is C17H20N2O2. The van der Waals surface area contributed by atoms with Gasteiger partial charge in [-0.05, 0) is 24.6 Å². The molecule has 2 aromatic carbocycles. The average molecular weight is 284 g/mol. The molecule has 0 atom stereocenters. The van der Waals surface area contributed by atoms with E-state index in [4.69, 9.17) is 10.5 Å².